The van der Waals surface area contributed by atoms with Crippen LogP contribution in [0.5, 0.6) is 0 Å². The second-order valence-electron chi connectivity index (χ2n) is 7.83. The Morgan fingerprint density at radius 3 is 1.93 bits per heavy atom. The van der Waals surface area contributed by atoms with Crippen molar-refractivity contribution in [3.63, 3.8) is 0 Å². The molecule has 0 heterocycles. The van der Waals surface area contributed by atoms with Crippen LogP contribution in [0.1, 0.15) is 59.7 Å². The van der Waals surface area contributed by atoms with E-state index in [9.17, 15) is 4.79 Å². The van der Waals surface area contributed by atoms with Gasteiger partial charge < -0.3 is 10.6 Å². The van der Waals surface area contributed by atoms with E-state index in [0.717, 1.165) is 23.1 Å². The van der Waals surface area contributed by atoms with Gasteiger partial charge in [-0.1, -0.05) is 78.9 Å². The largest absolute Gasteiger partial charge is 0.332 e. The number of fused-ring (bicyclic) bond motifs is 1. The zero-order valence-electron chi connectivity index (χ0n) is 16.9. The normalized spacial score (nSPS) is 14.1. The predicted molar refractivity (Wildman–Crippen MR) is 118 cm³/mol. The molecule has 3 heteroatoms. The third-order valence-corrected chi connectivity index (χ3v) is 5.76. The van der Waals surface area contributed by atoms with Crippen molar-refractivity contribution in [2.75, 3.05) is 0 Å². The van der Waals surface area contributed by atoms with Gasteiger partial charge in [0.2, 0.25) is 0 Å². The highest BCUT2D eigenvalue weighted by Gasteiger charge is 2.19. The number of aryl methyl sites for hydroxylation is 2. The first kappa shape index (κ1) is 19.3. The van der Waals surface area contributed by atoms with Gasteiger partial charge in [0.1, 0.15) is 0 Å². The molecule has 0 radical (unpaired) electrons. The molecule has 0 spiro atoms. The van der Waals surface area contributed by atoms with Crippen LogP contribution in [0.25, 0.3) is 0 Å². The Labute approximate surface area is 173 Å². The third kappa shape index (κ3) is 4.68. The van der Waals surface area contributed by atoms with Gasteiger partial charge in [-0.2, -0.15) is 0 Å². The number of carbonyl (C=O) groups is 1. The summed E-state index contributed by atoms with van der Waals surface area (Å²) in [5.74, 6) is 0. The molecular formula is C26H28N2O. The second-order valence-corrected chi connectivity index (χ2v) is 7.83. The van der Waals surface area contributed by atoms with Crippen molar-refractivity contribution in [1.82, 2.24) is 10.6 Å². The van der Waals surface area contributed by atoms with Crippen LogP contribution in [-0.2, 0) is 12.8 Å². The van der Waals surface area contributed by atoms with Gasteiger partial charge in [-0.15, -0.1) is 0 Å². The molecule has 0 fully saturated rings. The first-order valence-corrected chi connectivity index (χ1v) is 10.5. The summed E-state index contributed by atoms with van der Waals surface area (Å²) in [5, 5.41) is 6.29. The van der Waals surface area contributed by atoms with E-state index in [0.29, 0.717) is 0 Å². The van der Waals surface area contributed by atoms with Crippen molar-refractivity contribution >= 4 is 6.03 Å². The Kier molecular flexibility index (Phi) is 5.95. The lowest BCUT2D eigenvalue weighted by atomic mass is 9.89. The molecule has 1 atom stereocenters. The molecule has 1 unspecified atom stereocenters. The van der Waals surface area contributed by atoms with Gasteiger partial charge in [0.25, 0.3) is 0 Å². The molecule has 0 bridgehead atoms. The molecule has 29 heavy (non-hydrogen) atoms. The van der Waals surface area contributed by atoms with Gasteiger partial charge in [0.05, 0.1) is 12.1 Å². The maximum absolute atomic E-state index is 12.9. The van der Waals surface area contributed by atoms with E-state index < -0.39 is 0 Å². The van der Waals surface area contributed by atoms with Crippen molar-refractivity contribution in [3.05, 3.63) is 107 Å². The minimum absolute atomic E-state index is 0.0468. The van der Waals surface area contributed by atoms with Crippen molar-refractivity contribution in [2.24, 2.45) is 0 Å². The van der Waals surface area contributed by atoms with Gasteiger partial charge in [-0.25, -0.2) is 4.79 Å². The summed E-state index contributed by atoms with van der Waals surface area (Å²) in [6.45, 7) is 2.05. The molecule has 1 aliphatic carbocycles. The maximum Gasteiger partial charge on any atom is 0.316 e. The first-order chi connectivity index (χ1) is 14.2. The Bertz CT molecular complexity index is 913. The fourth-order valence-corrected chi connectivity index (χ4v) is 4.13. The Morgan fingerprint density at radius 1 is 0.724 bits per heavy atom. The third-order valence-electron chi connectivity index (χ3n) is 5.76. The summed E-state index contributed by atoms with van der Waals surface area (Å²) in [4.78, 5) is 12.9. The lowest BCUT2D eigenvalue weighted by molar-refractivity contribution is 0.235. The standard InChI is InChI=1S/C26H28N2O/c1-19(23-17-16-20-10-8-9-15-24(20)18-23)27-26(29)28-25(21-11-4-2-5-12-21)22-13-6-3-7-14-22/h2-7,11-14,16-19,25H,8-10,15H2,1H3,(H2,27,28,29). The SMILES string of the molecule is CC(NC(=O)NC(c1ccccc1)c1ccccc1)c1ccc2c(c1)CCCC2. The summed E-state index contributed by atoms with van der Waals surface area (Å²) >= 11 is 0. The summed E-state index contributed by atoms with van der Waals surface area (Å²) in [6, 6.07) is 26.4. The number of nitrogens with one attached hydrogen (secondary N) is 2. The maximum atomic E-state index is 12.9. The predicted octanol–water partition coefficient (Wildman–Crippen LogP) is 5.72. The molecule has 4 rings (SSSR count). The summed E-state index contributed by atoms with van der Waals surface area (Å²) in [7, 11) is 0. The number of hydrogen-bond acceptors (Lipinski definition) is 1. The topological polar surface area (TPSA) is 41.1 Å². The van der Waals surface area contributed by atoms with E-state index in [1.165, 1.54) is 30.4 Å². The minimum Gasteiger partial charge on any atom is -0.332 e. The molecule has 3 aromatic carbocycles. The van der Waals surface area contributed by atoms with Crippen LogP contribution in [0.2, 0.25) is 0 Å². The molecular weight excluding hydrogens is 356 g/mol. The van der Waals surface area contributed by atoms with Crippen LogP contribution in [0.3, 0.4) is 0 Å². The van der Waals surface area contributed by atoms with E-state index in [1.54, 1.807) is 0 Å². The lowest BCUT2D eigenvalue weighted by Gasteiger charge is -2.23. The fraction of sp³-hybridized carbons (Fsp3) is 0.269. The van der Waals surface area contributed by atoms with E-state index in [2.05, 4.69) is 28.8 Å². The number of benzene rings is 3. The highest BCUT2D eigenvalue weighted by molar-refractivity contribution is 5.75. The molecule has 1 aliphatic rings. The number of rotatable bonds is 5. The average molecular weight is 385 g/mol. The summed E-state index contributed by atoms with van der Waals surface area (Å²) in [5.41, 5.74) is 6.20. The van der Waals surface area contributed by atoms with E-state index in [4.69, 9.17) is 0 Å². The molecule has 0 saturated carbocycles. The second kappa shape index (κ2) is 8.95. The van der Waals surface area contributed by atoms with Crippen LogP contribution >= 0.6 is 0 Å². The van der Waals surface area contributed by atoms with Crippen molar-refractivity contribution in [2.45, 2.75) is 44.7 Å². The van der Waals surface area contributed by atoms with Crippen molar-refractivity contribution in [1.29, 1.82) is 0 Å². The summed E-state index contributed by atoms with van der Waals surface area (Å²) in [6.07, 6.45) is 4.86. The van der Waals surface area contributed by atoms with Crippen LogP contribution < -0.4 is 10.6 Å². The molecule has 0 saturated heterocycles. The number of carbonyl (C=O) groups excluding carboxylic acids is 1. The number of urea groups is 1. The van der Waals surface area contributed by atoms with Crippen molar-refractivity contribution < 1.29 is 4.79 Å². The van der Waals surface area contributed by atoms with Crippen LogP contribution in [0.15, 0.2) is 78.9 Å². The monoisotopic (exact) mass is 384 g/mol. The van der Waals surface area contributed by atoms with E-state index in [-0.39, 0.29) is 18.1 Å². The minimum atomic E-state index is -0.187. The molecule has 2 N–H and O–H groups in total. The smallest absolute Gasteiger partial charge is 0.316 e. The van der Waals surface area contributed by atoms with Gasteiger partial charge >= 0.3 is 6.03 Å². The van der Waals surface area contributed by atoms with Crippen LogP contribution in [0.4, 0.5) is 4.79 Å². The highest BCUT2D eigenvalue weighted by atomic mass is 16.2. The van der Waals surface area contributed by atoms with Gasteiger partial charge in [-0.05, 0) is 60.4 Å². The molecule has 148 valence electrons. The molecule has 0 aliphatic heterocycles. The quantitative estimate of drug-likeness (QED) is 0.581. The first-order valence-electron chi connectivity index (χ1n) is 10.5. The van der Waals surface area contributed by atoms with Gasteiger partial charge in [0.15, 0.2) is 0 Å². The molecule has 3 nitrogen and oxygen atoms in total. The number of hydrogen-bond donors (Lipinski definition) is 2. The molecule has 3 aromatic rings. The Morgan fingerprint density at radius 2 is 1.31 bits per heavy atom. The van der Waals surface area contributed by atoms with Crippen LogP contribution in [-0.4, -0.2) is 6.03 Å². The lowest BCUT2D eigenvalue weighted by Crippen LogP contribution is -2.39. The fourth-order valence-electron chi connectivity index (χ4n) is 4.13. The molecule has 2 amide bonds. The van der Waals surface area contributed by atoms with Crippen LogP contribution in [0, 0.1) is 0 Å². The number of amides is 2. The Hall–Kier alpha value is -3.07. The van der Waals surface area contributed by atoms with E-state index in [1.807, 2.05) is 67.6 Å². The van der Waals surface area contributed by atoms with Gasteiger partial charge in [0, 0.05) is 0 Å². The zero-order chi connectivity index (χ0) is 20.1. The van der Waals surface area contributed by atoms with E-state index >= 15 is 0 Å². The van der Waals surface area contributed by atoms with Crippen molar-refractivity contribution in [3.8, 4) is 0 Å². The summed E-state index contributed by atoms with van der Waals surface area (Å²) < 4.78 is 0. The molecule has 0 aromatic heterocycles. The zero-order valence-corrected chi connectivity index (χ0v) is 16.9. The highest BCUT2D eigenvalue weighted by Crippen LogP contribution is 2.25. The Balaban J connectivity index is 1.48. The van der Waals surface area contributed by atoms with Gasteiger partial charge in [-0.3, -0.25) is 0 Å². The average Bonchev–Trinajstić information content (AvgIpc) is 2.78.